The zero-order chi connectivity index (χ0) is 20.4. The van der Waals surface area contributed by atoms with Crippen molar-refractivity contribution >= 4 is 28.7 Å². The van der Waals surface area contributed by atoms with E-state index in [-0.39, 0.29) is 18.1 Å². The number of furan rings is 1. The van der Waals surface area contributed by atoms with Gasteiger partial charge >= 0.3 is 11.9 Å². The second-order valence-corrected chi connectivity index (χ2v) is 6.40. The molecule has 0 spiro atoms. The highest BCUT2D eigenvalue weighted by atomic mass is 16.5. The Morgan fingerprint density at radius 3 is 2.39 bits per heavy atom. The first-order valence-electron chi connectivity index (χ1n) is 8.89. The molecular weight excluding hydrogens is 362 g/mol. The summed E-state index contributed by atoms with van der Waals surface area (Å²) in [5.41, 5.74) is 2.76. The number of rotatable bonds is 6. The molecule has 2 aromatic heterocycles. The Kier molecular flexibility index (Phi) is 5.35. The fraction of sp³-hybridized carbons (Fsp3) is 0.286. The molecule has 0 unspecified atom stereocenters. The van der Waals surface area contributed by atoms with Gasteiger partial charge in [-0.1, -0.05) is 18.2 Å². The summed E-state index contributed by atoms with van der Waals surface area (Å²) in [6.45, 7) is 6.55. The number of aryl methyl sites for hydroxylation is 2. The number of benzene rings is 1. The number of para-hydroxylation sites is 1. The summed E-state index contributed by atoms with van der Waals surface area (Å²) in [4.78, 5) is 39.8. The minimum atomic E-state index is -0.710. The topological polar surface area (TPSA) is 98.6 Å². The highest BCUT2D eigenvalue weighted by molar-refractivity contribution is 6.04. The number of hydrogen-bond donors (Lipinski definition) is 1. The van der Waals surface area contributed by atoms with E-state index < -0.39 is 24.3 Å². The lowest BCUT2D eigenvalue weighted by atomic mass is 10.1. The third-order valence-corrected chi connectivity index (χ3v) is 4.56. The number of carbonyl (C=O) groups is 3. The number of aromatic amines is 1. The van der Waals surface area contributed by atoms with Crippen LogP contribution in [0.3, 0.4) is 0 Å². The van der Waals surface area contributed by atoms with Crippen molar-refractivity contribution < 1.29 is 28.3 Å². The number of H-pyrrole nitrogens is 1. The smallest absolute Gasteiger partial charge is 0.375 e. The molecule has 7 heteroatoms. The minimum absolute atomic E-state index is 0.0729. The van der Waals surface area contributed by atoms with Crippen molar-refractivity contribution in [3.8, 4) is 0 Å². The molecule has 28 heavy (non-hydrogen) atoms. The molecule has 2 heterocycles. The number of carbonyl (C=O) groups excluding carboxylic acids is 3. The molecule has 0 saturated carbocycles. The van der Waals surface area contributed by atoms with E-state index >= 15 is 0 Å². The molecule has 3 rings (SSSR count). The third kappa shape index (κ3) is 3.43. The molecule has 7 nitrogen and oxygen atoms in total. The first-order valence-corrected chi connectivity index (χ1v) is 8.89. The summed E-state index contributed by atoms with van der Waals surface area (Å²) in [5.74, 6) is -1.58. The number of fused-ring (bicyclic) bond motifs is 1. The van der Waals surface area contributed by atoms with Gasteiger partial charge in [0.1, 0.15) is 11.3 Å². The molecule has 0 aliphatic rings. The average Bonchev–Trinajstić information content (AvgIpc) is 3.16. The largest absolute Gasteiger partial charge is 0.461 e. The van der Waals surface area contributed by atoms with Crippen molar-refractivity contribution in [2.24, 2.45) is 0 Å². The van der Waals surface area contributed by atoms with E-state index in [1.165, 1.54) is 0 Å². The molecule has 146 valence electrons. The van der Waals surface area contributed by atoms with Gasteiger partial charge in [0.25, 0.3) is 0 Å². The van der Waals surface area contributed by atoms with Crippen LogP contribution in [0.1, 0.15) is 55.1 Å². The van der Waals surface area contributed by atoms with Gasteiger partial charge in [-0.15, -0.1) is 0 Å². The predicted molar refractivity (Wildman–Crippen MR) is 102 cm³/mol. The molecule has 0 amide bonds. The Morgan fingerprint density at radius 2 is 1.71 bits per heavy atom. The van der Waals surface area contributed by atoms with Crippen LogP contribution in [0.2, 0.25) is 0 Å². The van der Waals surface area contributed by atoms with E-state index in [0.717, 1.165) is 5.39 Å². The fourth-order valence-electron chi connectivity index (χ4n) is 3.21. The first-order chi connectivity index (χ1) is 13.3. The molecule has 0 aliphatic carbocycles. The molecule has 1 aromatic carbocycles. The maximum absolute atomic E-state index is 12.6. The average molecular weight is 383 g/mol. The van der Waals surface area contributed by atoms with E-state index in [1.54, 1.807) is 33.8 Å². The van der Waals surface area contributed by atoms with Crippen molar-refractivity contribution in [2.45, 2.75) is 27.7 Å². The third-order valence-electron chi connectivity index (χ3n) is 4.56. The van der Waals surface area contributed by atoms with E-state index in [1.807, 2.05) is 18.2 Å². The Bertz CT molecular complexity index is 1070. The molecule has 1 N–H and O–H groups in total. The number of nitrogens with one attached hydrogen (secondary N) is 1. The summed E-state index contributed by atoms with van der Waals surface area (Å²) in [5, 5.41) is 0.817. The summed E-state index contributed by atoms with van der Waals surface area (Å²) < 4.78 is 15.7. The van der Waals surface area contributed by atoms with Gasteiger partial charge in [-0.05, 0) is 39.3 Å². The summed E-state index contributed by atoms with van der Waals surface area (Å²) >= 11 is 0. The molecular formula is C21H21NO6. The van der Waals surface area contributed by atoms with Gasteiger partial charge in [-0.2, -0.15) is 0 Å². The van der Waals surface area contributed by atoms with Gasteiger partial charge in [0.15, 0.2) is 6.61 Å². The zero-order valence-corrected chi connectivity index (χ0v) is 16.2. The van der Waals surface area contributed by atoms with Crippen molar-refractivity contribution in [1.82, 2.24) is 4.98 Å². The monoisotopic (exact) mass is 383 g/mol. The van der Waals surface area contributed by atoms with Crippen LogP contribution in [0.4, 0.5) is 0 Å². The van der Waals surface area contributed by atoms with Crippen LogP contribution in [0.15, 0.2) is 28.7 Å². The van der Waals surface area contributed by atoms with Crippen molar-refractivity contribution in [2.75, 3.05) is 13.2 Å². The van der Waals surface area contributed by atoms with Gasteiger partial charge in [-0.25, -0.2) is 9.59 Å². The molecule has 0 aliphatic heterocycles. The van der Waals surface area contributed by atoms with Gasteiger partial charge < -0.3 is 18.9 Å². The van der Waals surface area contributed by atoms with Crippen LogP contribution in [0.25, 0.3) is 11.0 Å². The fourth-order valence-corrected chi connectivity index (χ4v) is 3.21. The van der Waals surface area contributed by atoms with Crippen LogP contribution in [-0.2, 0) is 9.47 Å². The van der Waals surface area contributed by atoms with Crippen molar-refractivity contribution in [3.05, 3.63) is 58.1 Å². The standard InChI is InChI=1S/C21H21NO6/c1-5-26-20(24)18-12(3)17(13(4)22-18)15(23)10-27-21(25)19-11(2)14-8-6-7-9-16(14)28-19/h6-9,22H,5,10H2,1-4H3. The summed E-state index contributed by atoms with van der Waals surface area (Å²) in [7, 11) is 0. The molecule has 0 radical (unpaired) electrons. The highest BCUT2D eigenvalue weighted by Crippen LogP contribution is 2.26. The summed E-state index contributed by atoms with van der Waals surface area (Å²) in [6.07, 6.45) is 0. The van der Waals surface area contributed by atoms with E-state index in [4.69, 9.17) is 13.9 Å². The Morgan fingerprint density at radius 1 is 1.00 bits per heavy atom. The number of ether oxygens (including phenoxy) is 2. The Balaban J connectivity index is 1.76. The maximum atomic E-state index is 12.6. The number of hydrogen-bond acceptors (Lipinski definition) is 6. The summed E-state index contributed by atoms with van der Waals surface area (Å²) in [6, 6.07) is 7.26. The van der Waals surface area contributed by atoms with Crippen LogP contribution in [-0.4, -0.2) is 35.9 Å². The quantitative estimate of drug-likeness (QED) is 0.512. The molecule has 0 fully saturated rings. The lowest BCUT2D eigenvalue weighted by Gasteiger charge is -2.05. The molecule has 0 atom stereocenters. The van der Waals surface area contributed by atoms with E-state index in [0.29, 0.717) is 28.0 Å². The van der Waals surface area contributed by atoms with Gasteiger partial charge in [-0.3, -0.25) is 4.79 Å². The predicted octanol–water partition coefficient (Wildman–Crippen LogP) is 3.90. The lowest BCUT2D eigenvalue weighted by molar-refractivity contribution is 0.0444. The van der Waals surface area contributed by atoms with E-state index in [2.05, 4.69) is 4.98 Å². The van der Waals surface area contributed by atoms with E-state index in [9.17, 15) is 14.4 Å². The van der Waals surface area contributed by atoms with Gasteiger partial charge in [0.2, 0.25) is 11.5 Å². The number of ketones is 1. The van der Waals surface area contributed by atoms with Crippen molar-refractivity contribution in [3.63, 3.8) is 0 Å². The number of Topliss-reactive ketones (excluding diaryl/α,β-unsaturated/α-hetero) is 1. The van der Waals surface area contributed by atoms with Crippen LogP contribution in [0, 0.1) is 20.8 Å². The van der Waals surface area contributed by atoms with Crippen LogP contribution < -0.4 is 0 Å². The molecule has 0 bridgehead atoms. The van der Waals surface area contributed by atoms with Gasteiger partial charge in [0.05, 0.1) is 6.61 Å². The molecule has 3 aromatic rings. The minimum Gasteiger partial charge on any atom is -0.461 e. The lowest BCUT2D eigenvalue weighted by Crippen LogP contribution is -2.16. The van der Waals surface area contributed by atoms with Crippen LogP contribution >= 0.6 is 0 Å². The number of aromatic nitrogens is 1. The van der Waals surface area contributed by atoms with Crippen LogP contribution in [0.5, 0.6) is 0 Å². The second kappa shape index (κ2) is 7.72. The van der Waals surface area contributed by atoms with Gasteiger partial charge in [0, 0.05) is 22.2 Å². The number of esters is 2. The van der Waals surface area contributed by atoms with Crippen molar-refractivity contribution in [1.29, 1.82) is 0 Å². The highest BCUT2D eigenvalue weighted by Gasteiger charge is 2.25. The Hall–Kier alpha value is -3.35. The Labute approximate surface area is 161 Å². The first kappa shape index (κ1) is 19.4. The second-order valence-electron chi connectivity index (χ2n) is 6.40. The SMILES string of the molecule is CCOC(=O)c1[nH]c(C)c(C(=O)COC(=O)c2oc3ccccc3c2C)c1C. The normalized spacial score (nSPS) is 10.9. The zero-order valence-electron chi connectivity index (χ0n) is 16.2. The molecule has 0 saturated heterocycles. The maximum Gasteiger partial charge on any atom is 0.375 e.